The zero-order valence-electron chi connectivity index (χ0n) is 22.1. The molecule has 10 heteroatoms. The van der Waals surface area contributed by atoms with Gasteiger partial charge in [0.05, 0.1) is 17.9 Å². The Bertz CT molecular complexity index is 1740. The number of aromatic carboxylic acids is 3. The van der Waals surface area contributed by atoms with Crippen LogP contribution < -0.4 is 15.3 Å². The van der Waals surface area contributed by atoms with E-state index in [0.29, 0.717) is 0 Å². The van der Waals surface area contributed by atoms with Gasteiger partial charge in [-0.25, -0.2) is 0 Å². The van der Waals surface area contributed by atoms with Gasteiger partial charge in [0, 0.05) is 16.7 Å². The van der Waals surface area contributed by atoms with Gasteiger partial charge in [-0.15, -0.1) is 0 Å². The van der Waals surface area contributed by atoms with Gasteiger partial charge in [-0.3, -0.25) is 0 Å². The minimum Gasteiger partial charge on any atom is -0.545 e. The SMILES string of the molecule is O=C([O-])c1cc2ccccc2cc1O.O=C([O-])c1cc2ccccc2cc1O.O=C([O-])c1cc2ccccc2cc1O.[Cr+3]. The van der Waals surface area contributed by atoms with Gasteiger partial charge in [0.15, 0.2) is 0 Å². The van der Waals surface area contributed by atoms with Crippen LogP contribution in [0, 0.1) is 0 Å². The number of hydrogen-bond donors (Lipinski definition) is 3. The summed E-state index contributed by atoms with van der Waals surface area (Å²) in [6.45, 7) is 0. The molecule has 0 amide bonds. The molecule has 0 saturated carbocycles. The van der Waals surface area contributed by atoms with Crippen LogP contribution in [-0.4, -0.2) is 33.2 Å². The number of carboxylic acids is 3. The average Bonchev–Trinajstić information content (AvgIpc) is 2.96. The maximum absolute atomic E-state index is 10.6. The monoisotopic (exact) mass is 613 g/mol. The van der Waals surface area contributed by atoms with E-state index in [2.05, 4.69) is 0 Å². The molecule has 43 heavy (non-hydrogen) atoms. The Balaban J connectivity index is 0.000000175. The maximum Gasteiger partial charge on any atom is 3.00 e. The predicted molar refractivity (Wildman–Crippen MR) is 150 cm³/mol. The van der Waals surface area contributed by atoms with Gasteiger partial charge in [-0.2, -0.15) is 0 Å². The van der Waals surface area contributed by atoms with Crippen molar-refractivity contribution in [1.82, 2.24) is 0 Å². The first-order chi connectivity index (χ1) is 20.0. The quantitative estimate of drug-likeness (QED) is 0.270. The number of carbonyl (C=O) groups excluding carboxylic acids is 3. The molecular formula is C33H21CrO9. The standard InChI is InChI=1S/3C11H8O3.Cr/c3*12-10-6-8-4-2-1-3-7(8)5-9(10)11(13)14;/h3*1-6,12H,(H,13,14);/q;;;+3/p-3. The summed E-state index contributed by atoms with van der Waals surface area (Å²) in [5.41, 5.74) is -0.531. The second-order valence-corrected chi connectivity index (χ2v) is 9.01. The minimum absolute atomic E-state index is 0. The van der Waals surface area contributed by atoms with Crippen LogP contribution in [0.5, 0.6) is 17.2 Å². The molecule has 0 fully saturated rings. The number of phenols is 3. The number of carboxylic acid groups (broad SMARTS) is 3. The van der Waals surface area contributed by atoms with Crippen LogP contribution in [0.1, 0.15) is 31.1 Å². The Kier molecular flexibility index (Phi) is 10.3. The van der Waals surface area contributed by atoms with Crippen LogP contribution in [0.3, 0.4) is 0 Å². The summed E-state index contributed by atoms with van der Waals surface area (Å²) in [4.78, 5) is 31.8. The molecule has 0 aliphatic carbocycles. The normalized spacial score (nSPS) is 10.0. The van der Waals surface area contributed by atoms with E-state index in [-0.39, 0.29) is 51.3 Å². The number of aromatic hydroxyl groups is 3. The fourth-order valence-electron chi connectivity index (χ4n) is 4.18. The number of benzene rings is 6. The molecule has 6 rings (SSSR count). The third-order valence-corrected chi connectivity index (χ3v) is 6.25. The molecule has 0 atom stereocenters. The van der Waals surface area contributed by atoms with Crippen molar-refractivity contribution in [3.63, 3.8) is 0 Å². The van der Waals surface area contributed by atoms with Gasteiger partial charge < -0.3 is 45.0 Å². The first kappa shape index (κ1) is 32.0. The van der Waals surface area contributed by atoms with E-state index in [1.54, 1.807) is 54.6 Å². The van der Waals surface area contributed by atoms with Crippen molar-refractivity contribution < 1.29 is 62.4 Å². The summed E-state index contributed by atoms with van der Waals surface area (Å²) < 4.78 is 0. The van der Waals surface area contributed by atoms with Crippen LogP contribution in [0.2, 0.25) is 0 Å². The van der Waals surface area contributed by atoms with Crippen molar-refractivity contribution in [1.29, 1.82) is 0 Å². The summed E-state index contributed by atoms with van der Waals surface area (Å²) in [5, 5.41) is 64.6. The molecule has 0 aliphatic heterocycles. The molecule has 0 bridgehead atoms. The van der Waals surface area contributed by atoms with Crippen LogP contribution in [-0.2, 0) is 17.4 Å². The van der Waals surface area contributed by atoms with E-state index in [0.717, 1.165) is 32.3 Å². The van der Waals surface area contributed by atoms with E-state index in [1.807, 2.05) is 18.2 Å². The van der Waals surface area contributed by atoms with Gasteiger partial charge in [0.25, 0.3) is 0 Å². The molecule has 0 unspecified atom stereocenters. The third-order valence-electron chi connectivity index (χ3n) is 6.25. The number of carbonyl (C=O) groups is 3. The van der Waals surface area contributed by atoms with Crippen LogP contribution in [0.25, 0.3) is 32.3 Å². The van der Waals surface area contributed by atoms with E-state index >= 15 is 0 Å². The number of rotatable bonds is 3. The Morgan fingerprint density at radius 2 is 0.581 bits per heavy atom. The molecule has 0 aromatic heterocycles. The third kappa shape index (κ3) is 7.60. The van der Waals surface area contributed by atoms with Crippen molar-refractivity contribution in [2.75, 3.05) is 0 Å². The van der Waals surface area contributed by atoms with E-state index in [1.165, 1.54) is 36.4 Å². The van der Waals surface area contributed by atoms with Crippen LogP contribution >= 0.6 is 0 Å². The second-order valence-electron chi connectivity index (χ2n) is 9.01. The smallest absolute Gasteiger partial charge is 0.545 e. The average molecular weight is 614 g/mol. The van der Waals surface area contributed by atoms with Crippen molar-refractivity contribution in [3.05, 3.63) is 126 Å². The Morgan fingerprint density at radius 1 is 0.395 bits per heavy atom. The number of fused-ring (bicyclic) bond motifs is 3. The predicted octanol–water partition coefficient (Wildman–Crippen LogP) is 2.72. The van der Waals surface area contributed by atoms with Crippen molar-refractivity contribution >= 4 is 50.2 Å². The molecule has 0 spiro atoms. The first-order valence-electron chi connectivity index (χ1n) is 12.3. The summed E-state index contributed by atoms with van der Waals surface area (Å²) in [6.07, 6.45) is 0. The Morgan fingerprint density at radius 3 is 0.767 bits per heavy atom. The zero-order chi connectivity index (χ0) is 30.4. The van der Waals surface area contributed by atoms with Crippen LogP contribution in [0.15, 0.2) is 109 Å². The molecule has 9 nitrogen and oxygen atoms in total. The van der Waals surface area contributed by atoms with E-state index < -0.39 is 17.9 Å². The summed E-state index contributed by atoms with van der Waals surface area (Å²) in [6, 6.07) is 30.1. The second kappa shape index (κ2) is 13.9. The molecule has 3 N–H and O–H groups in total. The van der Waals surface area contributed by atoms with Crippen molar-refractivity contribution in [2.45, 2.75) is 0 Å². The molecule has 1 radical (unpaired) electrons. The van der Waals surface area contributed by atoms with Gasteiger partial charge in [-0.05, 0) is 68.7 Å². The molecule has 213 valence electrons. The first-order valence-corrected chi connectivity index (χ1v) is 12.3. The van der Waals surface area contributed by atoms with Gasteiger partial charge in [0.2, 0.25) is 0 Å². The maximum atomic E-state index is 10.6. The van der Waals surface area contributed by atoms with Crippen LogP contribution in [0.4, 0.5) is 0 Å². The largest absolute Gasteiger partial charge is 3.00 e. The summed E-state index contributed by atoms with van der Waals surface area (Å²) in [7, 11) is 0. The Labute approximate surface area is 255 Å². The molecule has 6 aromatic carbocycles. The van der Waals surface area contributed by atoms with Crippen molar-refractivity contribution in [3.8, 4) is 17.2 Å². The minimum atomic E-state index is -1.37. The van der Waals surface area contributed by atoms with Gasteiger partial charge in [-0.1, -0.05) is 72.8 Å². The zero-order valence-corrected chi connectivity index (χ0v) is 23.4. The molecular weight excluding hydrogens is 592 g/mol. The van der Waals surface area contributed by atoms with Gasteiger partial charge in [0.1, 0.15) is 17.2 Å². The van der Waals surface area contributed by atoms with Crippen molar-refractivity contribution in [2.24, 2.45) is 0 Å². The molecule has 0 heterocycles. The van der Waals surface area contributed by atoms with E-state index in [9.17, 15) is 45.0 Å². The number of hydrogen-bond acceptors (Lipinski definition) is 9. The Hall–Kier alpha value is -5.56. The molecule has 6 aromatic rings. The van der Waals surface area contributed by atoms with E-state index in [4.69, 9.17) is 0 Å². The summed E-state index contributed by atoms with van der Waals surface area (Å²) in [5.74, 6) is -4.88. The topological polar surface area (TPSA) is 181 Å². The summed E-state index contributed by atoms with van der Waals surface area (Å²) >= 11 is 0. The fourth-order valence-corrected chi connectivity index (χ4v) is 4.18. The molecule has 0 saturated heterocycles. The molecule has 0 aliphatic rings. The van der Waals surface area contributed by atoms with Gasteiger partial charge >= 0.3 is 17.4 Å². The fraction of sp³-hybridized carbons (Fsp3) is 0.